The molecule has 0 nitrogen and oxygen atoms in total. The fourth-order valence-electron chi connectivity index (χ4n) is 6.36. The molecule has 0 saturated heterocycles. The van der Waals surface area contributed by atoms with Gasteiger partial charge in [-0.3, -0.25) is 0 Å². The molecule has 0 radical (unpaired) electrons. The minimum atomic E-state index is -0.385. The predicted molar refractivity (Wildman–Crippen MR) is 176 cm³/mol. The fourth-order valence-corrected chi connectivity index (χ4v) is 7.94. The molecule has 0 aliphatic heterocycles. The number of halogens is 4. The number of rotatable bonds is 4. The second-order valence-electron chi connectivity index (χ2n) is 10.6. The van der Waals surface area contributed by atoms with Crippen molar-refractivity contribution in [1.29, 1.82) is 0 Å². The summed E-state index contributed by atoms with van der Waals surface area (Å²) in [5.41, 5.74) is 4.72. The molecule has 0 fully saturated rings. The van der Waals surface area contributed by atoms with Gasteiger partial charge in [-0.25, -0.2) is 17.6 Å². The molecule has 44 heavy (non-hydrogen) atoms. The average molecular weight is 617 g/mol. The quantitative estimate of drug-likeness (QED) is 0.136. The average Bonchev–Trinajstić information content (AvgIpc) is 3.75. The Balaban J connectivity index is 1.77. The molecule has 0 N–H and O–H groups in total. The van der Waals surface area contributed by atoms with Crippen LogP contribution in [0.5, 0.6) is 0 Å². The van der Waals surface area contributed by atoms with E-state index >= 15 is 8.78 Å². The van der Waals surface area contributed by atoms with Crippen molar-refractivity contribution in [2.45, 2.75) is 0 Å². The third-order valence-electron chi connectivity index (χ3n) is 8.09. The van der Waals surface area contributed by atoms with Gasteiger partial charge in [0.2, 0.25) is 0 Å². The second kappa shape index (κ2) is 10.4. The molecule has 0 atom stereocenters. The number of fused-ring (bicyclic) bond motifs is 3. The third kappa shape index (κ3) is 4.25. The highest BCUT2D eigenvalue weighted by Crippen LogP contribution is 2.54. The Morgan fingerprint density at radius 3 is 1.11 bits per heavy atom. The zero-order valence-corrected chi connectivity index (χ0v) is 24.5. The van der Waals surface area contributed by atoms with Crippen molar-refractivity contribution < 1.29 is 17.6 Å². The Hall–Kier alpha value is -4.78. The standard InChI is InChI=1S/C38H20F4S2/c39-23-9-5-21(6-10-23)33-28-16-14-26(42)20-30(28)36(32-4-2-18-44-32)38-34(22-7-11-24(40)12-8-22)27-15-13-25(41)19-29(27)35(37(33)38)31-3-1-17-43-31/h1-20H. The Bertz CT molecular complexity index is 2170. The maximum atomic E-state index is 15.2. The lowest BCUT2D eigenvalue weighted by Gasteiger charge is -2.24. The smallest absolute Gasteiger partial charge is 0.123 e. The van der Waals surface area contributed by atoms with Gasteiger partial charge < -0.3 is 0 Å². The fraction of sp³-hybridized carbons (Fsp3) is 0. The SMILES string of the molecule is Fc1ccc(-c2c3ccc(F)cc3c(-c3cccs3)c3c(-c4ccc(F)cc4)c4ccc(F)cc4c(-c4cccs4)c23)cc1. The molecular weight excluding hydrogens is 597 g/mol. The predicted octanol–water partition coefficient (Wildman–Crippen LogP) is 12.5. The molecule has 8 rings (SSSR count). The summed E-state index contributed by atoms with van der Waals surface area (Å²) in [4.78, 5) is 1.86. The van der Waals surface area contributed by atoms with E-state index < -0.39 is 0 Å². The van der Waals surface area contributed by atoms with Gasteiger partial charge in [0.25, 0.3) is 0 Å². The van der Waals surface area contributed by atoms with E-state index in [9.17, 15) is 8.78 Å². The zero-order chi connectivity index (χ0) is 29.9. The van der Waals surface area contributed by atoms with E-state index in [2.05, 4.69) is 0 Å². The van der Waals surface area contributed by atoms with Crippen LogP contribution in [0, 0.1) is 23.3 Å². The van der Waals surface area contributed by atoms with Gasteiger partial charge in [0.05, 0.1) is 0 Å². The largest absolute Gasteiger partial charge is 0.207 e. The van der Waals surface area contributed by atoms with E-state index in [1.807, 2.05) is 35.0 Å². The van der Waals surface area contributed by atoms with Gasteiger partial charge >= 0.3 is 0 Å². The van der Waals surface area contributed by atoms with Crippen molar-refractivity contribution in [2.75, 3.05) is 0 Å². The lowest BCUT2D eigenvalue weighted by Crippen LogP contribution is -1.97. The molecule has 212 valence electrons. The Kier molecular flexibility index (Phi) is 6.36. The first-order chi connectivity index (χ1) is 21.5. The monoisotopic (exact) mass is 616 g/mol. The van der Waals surface area contributed by atoms with E-state index in [4.69, 9.17) is 0 Å². The molecule has 0 amide bonds. The number of hydrogen-bond acceptors (Lipinski definition) is 2. The molecule has 0 aliphatic rings. The molecule has 0 saturated carbocycles. The summed E-state index contributed by atoms with van der Waals surface area (Å²) in [5, 5.41) is 8.59. The van der Waals surface area contributed by atoms with Crippen LogP contribution in [0.1, 0.15) is 0 Å². The summed E-state index contributed by atoms with van der Waals surface area (Å²) in [7, 11) is 0. The molecule has 6 heteroatoms. The van der Waals surface area contributed by atoms with Crippen molar-refractivity contribution >= 4 is 55.0 Å². The van der Waals surface area contributed by atoms with Gasteiger partial charge in [-0.05, 0) is 115 Å². The second-order valence-corrected chi connectivity index (χ2v) is 12.5. The van der Waals surface area contributed by atoms with Gasteiger partial charge in [0.15, 0.2) is 0 Å². The highest BCUT2D eigenvalue weighted by molar-refractivity contribution is 7.14. The highest BCUT2D eigenvalue weighted by Gasteiger charge is 2.27. The summed E-state index contributed by atoms with van der Waals surface area (Å²) in [6.07, 6.45) is 0. The van der Waals surface area contributed by atoms with E-state index in [1.165, 1.54) is 36.4 Å². The molecule has 0 aliphatic carbocycles. The topological polar surface area (TPSA) is 0 Å². The normalized spacial score (nSPS) is 11.6. The van der Waals surface area contributed by atoms with Gasteiger partial charge in [0.1, 0.15) is 23.3 Å². The maximum Gasteiger partial charge on any atom is 0.123 e. The van der Waals surface area contributed by atoms with Crippen LogP contribution in [0.25, 0.3) is 75.5 Å². The van der Waals surface area contributed by atoms with Gasteiger partial charge in [-0.1, -0.05) is 48.5 Å². The van der Waals surface area contributed by atoms with Crippen molar-refractivity contribution in [3.05, 3.63) is 143 Å². The first-order valence-electron chi connectivity index (χ1n) is 13.9. The molecule has 0 unspecified atom stereocenters. The summed E-state index contributed by atoms with van der Waals surface area (Å²) in [6.45, 7) is 0. The minimum Gasteiger partial charge on any atom is -0.207 e. The van der Waals surface area contributed by atoms with Crippen LogP contribution in [0.3, 0.4) is 0 Å². The molecule has 6 aromatic carbocycles. The Morgan fingerprint density at radius 2 is 0.750 bits per heavy atom. The van der Waals surface area contributed by atoms with E-state index in [1.54, 1.807) is 71.2 Å². The van der Waals surface area contributed by atoms with Gasteiger partial charge in [-0.2, -0.15) is 0 Å². The van der Waals surface area contributed by atoms with Crippen LogP contribution in [0.2, 0.25) is 0 Å². The summed E-state index contributed by atoms with van der Waals surface area (Å²) < 4.78 is 58.9. The van der Waals surface area contributed by atoms with Crippen LogP contribution >= 0.6 is 22.7 Å². The lowest BCUT2D eigenvalue weighted by molar-refractivity contribution is 0.627. The highest BCUT2D eigenvalue weighted by atomic mass is 32.1. The summed E-state index contributed by atoms with van der Waals surface area (Å²) in [5.74, 6) is -1.52. The van der Waals surface area contributed by atoms with Crippen molar-refractivity contribution in [1.82, 2.24) is 0 Å². The molecule has 0 bridgehead atoms. The number of benzene rings is 6. The van der Waals surface area contributed by atoms with Gasteiger partial charge in [0, 0.05) is 31.7 Å². The molecule has 2 heterocycles. The maximum absolute atomic E-state index is 15.2. The molecule has 2 aromatic heterocycles. The molecular formula is C38H20F4S2. The van der Waals surface area contributed by atoms with Crippen LogP contribution < -0.4 is 0 Å². The van der Waals surface area contributed by atoms with Crippen LogP contribution in [0.4, 0.5) is 17.6 Å². The minimum absolute atomic E-state index is 0.374. The van der Waals surface area contributed by atoms with Crippen molar-refractivity contribution in [2.24, 2.45) is 0 Å². The van der Waals surface area contributed by atoms with E-state index in [0.717, 1.165) is 64.7 Å². The third-order valence-corrected chi connectivity index (χ3v) is 9.87. The number of hydrogen-bond donors (Lipinski definition) is 0. The van der Waals surface area contributed by atoms with Crippen LogP contribution in [0.15, 0.2) is 120 Å². The van der Waals surface area contributed by atoms with E-state index in [-0.39, 0.29) is 23.3 Å². The van der Waals surface area contributed by atoms with Gasteiger partial charge in [-0.15, -0.1) is 22.7 Å². The summed E-state index contributed by atoms with van der Waals surface area (Å²) >= 11 is 3.09. The molecule has 0 spiro atoms. The zero-order valence-electron chi connectivity index (χ0n) is 22.9. The Morgan fingerprint density at radius 1 is 0.364 bits per heavy atom. The molecule has 8 aromatic rings. The lowest BCUT2D eigenvalue weighted by atomic mass is 9.79. The van der Waals surface area contributed by atoms with Crippen molar-refractivity contribution in [3.8, 4) is 43.1 Å². The Labute approximate surface area is 258 Å². The van der Waals surface area contributed by atoms with E-state index in [0.29, 0.717) is 10.8 Å². The number of thiophene rings is 2. The van der Waals surface area contributed by atoms with Crippen LogP contribution in [-0.4, -0.2) is 0 Å². The summed E-state index contributed by atoms with van der Waals surface area (Å²) in [6, 6.07) is 30.0. The first kappa shape index (κ1) is 26.8. The first-order valence-corrected chi connectivity index (χ1v) is 15.7. The van der Waals surface area contributed by atoms with Crippen LogP contribution in [-0.2, 0) is 0 Å². The van der Waals surface area contributed by atoms with Crippen molar-refractivity contribution in [3.63, 3.8) is 0 Å².